The summed E-state index contributed by atoms with van der Waals surface area (Å²) >= 11 is 1.31. The third-order valence-electron chi connectivity index (χ3n) is 3.44. The second-order valence-corrected chi connectivity index (χ2v) is 5.63. The number of nitrogens with zero attached hydrogens (tertiary/aromatic N) is 3. The van der Waals surface area contributed by atoms with Gasteiger partial charge in [-0.25, -0.2) is 0 Å². The van der Waals surface area contributed by atoms with Gasteiger partial charge in [-0.1, -0.05) is 25.2 Å². The van der Waals surface area contributed by atoms with Crippen molar-refractivity contribution in [1.29, 1.82) is 0 Å². The molecule has 1 amide bonds. The standard InChI is InChI=1S/C11H18N4OS/c1-7-4-5-15(6-8(7)2)10(16)9-13-14-11(12-3)17-9/h7-8H,4-6H2,1-3H3,(H,12,14). The van der Waals surface area contributed by atoms with Crippen LogP contribution in [0, 0.1) is 11.8 Å². The molecule has 0 bridgehead atoms. The molecule has 0 aliphatic carbocycles. The van der Waals surface area contributed by atoms with Crippen molar-refractivity contribution in [3.05, 3.63) is 5.01 Å². The van der Waals surface area contributed by atoms with Crippen LogP contribution in [0.1, 0.15) is 30.1 Å². The van der Waals surface area contributed by atoms with Crippen molar-refractivity contribution in [1.82, 2.24) is 15.1 Å². The Balaban J connectivity index is 2.05. The van der Waals surface area contributed by atoms with Crippen LogP contribution in [0.2, 0.25) is 0 Å². The van der Waals surface area contributed by atoms with E-state index in [0.29, 0.717) is 22.0 Å². The average Bonchev–Trinajstić information content (AvgIpc) is 2.80. The molecule has 2 heterocycles. The smallest absolute Gasteiger partial charge is 0.284 e. The van der Waals surface area contributed by atoms with Gasteiger partial charge in [0.05, 0.1) is 0 Å². The van der Waals surface area contributed by atoms with E-state index in [1.54, 1.807) is 7.05 Å². The largest absolute Gasteiger partial charge is 0.363 e. The molecule has 0 saturated carbocycles. The number of piperidine rings is 1. The number of likely N-dealkylation sites (tertiary alicyclic amines) is 1. The second kappa shape index (κ2) is 5.00. The number of hydrogen-bond donors (Lipinski definition) is 1. The predicted molar refractivity (Wildman–Crippen MR) is 68.3 cm³/mol. The molecule has 1 aromatic heterocycles. The highest BCUT2D eigenvalue weighted by molar-refractivity contribution is 7.17. The molecule has 1 saturated heterocycles. The Morgan fingerprint density at radius 1 is 1.41 bits per heavy atom. The molecule has 0 spiro atoms. The summed E-state index contributed by atoms with van der Waals surface area (Å²) in [6, 6.07) is 0. The number of nitrogens with one attached hydrogen (secondary N) is 1. The second-order valence-electron chi connectivity index (χ2n) is 4.66. The Hall–Kier alpha value is -1.17. The van der Waals surface area contributed by atoms with E-state index in [4.69, 9.17) is 0 Å². The van der Waals surface area contributed by atoms with E-state index in [-0.39, 0.29) is 5.91 Å². The molecular weight excluding hydrogens is 236 g/mol. The Morgan fingerprint density at radius 2 is 2.18 bits per heavy atom. The maximum atomic E-state index is 12.2. The first-order valence-electron chi connectivity index (χ1n) is 5.92. The lowest BCUT2D eigenvalue weighted by atomic mass is 9.89. The van der Waals surface area contributed by atoms with Crippen molar-refractivity contribution in [2.24, 2.45) is 11.8 Å². The molecule has 0 radical (unpaired) electrons. The van der Waals surface area contributed by atoms with Crippen LogP contribution in [-0.2, 0) is 0 Å². The normalized spacial score (nSPS) is 24.8. The van der Waals surface area contributed by atoms with Gasteiger partial charge in [-0.2, -0.15) is 0 Å². The first-order valence-corrected chi connectivity index (χ1v) is 6.74. The summed E-state index contributed by atoms with van der Waals surface area (Å²) in [4.78, 5) is 14.1. The Labute approximate surface area is 105 Å². The van der Waals surface area contributed by atoms with E-state index in [9.17, 15) is 4.79 Å². The fourth-order valence-corrected chi connectivity index (χ4v) is 2.66. The van der Waals surface area contributed by atoms with Crippen molar-refractivity contribution in [2.75, 3.05) is 25.5 Å². The van der Waals surface area contributed by atoms with Crippen LogP contribution < -0.4 is 5.32 Å². The van der Waals surface area contributed by atoms with E-state index in [1.165, 1.54) is 11.3 Å². The fourth-order valence-electron chi connectivity index (χ4n) is 1.99. The highest BCUT2D eigenvalue weighted by Gasteiger charge is 2.28. The molecule has 1 fully saturated rings. The molecule has 2 rings (SSSR count). The maximum absolute atomic E-state index is 12.2. The third-order valence-corrected chi connectivity index (χ3v) is 4.37. The van der Waals surface area contributed by atoms with E-state index in [1.807, 2.05) is 4.90 Å². The van der Waals surface area contributed by atoms with Crippen LogP contribution in [0.15, 0.2) is 0 Å². The zero-order valence-corrected chi connectivity index (χ0v) is 11.3. The van der Waals surface area contributed by atoms with Gasteiger partial charge in [0.2, 0.25) is 10.1 Å². The number of aromatic nitrogens is 2. The number of amides is 1. The predicted octanol–water partition coefficient (Wildman–Crippen LogP) is 1.70. The Kier molecular flexibility index (Phi) is 3.61. The highest BCUT2D eigenvalue weighted by Crippen LogP contribution is 2.24. The molecule has 0 aromatic carbocycles. The molecule has 2 unspecified atom stereocenters. The van der Waals surface area contributed by atoms with E-state index < -0.39 is 0 Å². The van der Waals surface area contributed by atoms with Crippen molar-refractivity contribution in [3.63, 3.8) is 0 Å². The SMILES string of the molecule is CNc1nnc(C(=O)N2CCC(C)C(C)C2)s1. The van der Waals surface area contributed by atoms with E-state index in [2.05, 4.69) is 29.4 Å². The van der Waals surface area contributed by atoms with E-state index in [0.717, 1.165) is 19.5 Å². The van der Waals surface area contributed by atoms with Gasteiger partial charge in [-0.3, -0.25) is 4.79 Å². The number of hydrogen-bond acceptors (Lipinski definition) is 5. The molecule has 5 nitrogen and oxygen atoms in total. The summed E-state index contributed by atoms with van der Waals surface area (Å²) in [7, 11) is 1.78. The number of carbonyl (C=O) groups is 1. The zero-order chi connectivity index (χ0) is 12.4. The molecule has 17 heavy (non-hydrogen) atoms. The van der Waals surface area contributed by atoms with Gasteiger partial charge in [-0.15, -0.1) is 10.2 Å². The fraction of sp³-hybridized carbons (Fsp3) is 0.727. The molecule has 94 valence electrons. The topological polar surface area (TPSA) is 58.1 Å². The zero-order valence-electron chi connectivity index (χ0n) is 10.4. The van der Waals surface area contributed by atoms with Crippen molar-refractivity contribution in [3.8, 4) is 0 Å². The molecule has 1 aromatic rings. The van der Waals surface area contributed by atoms with Crippen LogP contribution in [0.3, 0.4) is 0 Å². The van der Waals surface area contributed by atoms with Crippen LogP contribution in [0.5, 0.6) is 0 Å². The molecule has 1 aliphatic heterocycles. The summed E-state index contributed by atoms with van der Waals surface area (Å²) < 4.78 is 0. The summed E-state index contributed by atoms with van der Waals surface area (Å²) in [6.07, 6.45) is 1.07. The minimum Gasteiger partial charge on any atom is -0.363 e. The first kappa shape index (κ1) is 12.3. The summed E-state index contributed by atoms with van der Waals surface area (Å²) in [5, 5.41) is 11.9. The van der Waals surface area contributed by atoms with Crippen LogP contribution in [0.4, 0.5) is 5.13 Å². The summed E-state index contributed by atoms with van der Waals surface area (Å²) in [5.41, 5.74) is 0. The molecule has 2 atom stereocenters. The maximum Gasteiger partial charge on any atom is 0.284 e. The molecule has 6 heteroatoms. The van der Waals surface area contributed by atoms with Crippen LogP contribution in [0.25, 0.3) is 0 Å². The third kappa shape index (κ3) is 2.57. The minimum atomic E-state index is 0.0164. The van der Waals surface area contributed by atoms with Crippen LogP contribution in [-0.4, -0.2) is 41.1 Å². The quantitative estimate of drug-likeness (QED) is 0.872. The lowest BCUT2D eigenvalue weighted by Crippen LogP contribution is -2.42. The van der Waals surface area contributed by atoms with Crippen molar-refractivity contribution >= 4 is 22.4 Å². The molecular formula is C11H18N4OS. The van der Waals surface area contributed by atoms with Crippen molar-refractivity contribution in [2.45, 2.75) is 20.3 Å². The first-order chi connectivity index (χ1) is 8.11. The Morgan fingerprint density at radius 3 is 2.76 bits per heavy atom. The van der Waals surface area contributed by atoms with Gasteiger partial charge in [0, 0.05) is 20.1 Å². The number of rotatable bonds is 2. The monoisotopic (exact) mass is 254 g/mol. The van der Waals surface area contributed by atoms with Gasteiger partial charge in [0.25, 0.3) is 5.91 Å². The lowest BCUT2D eigenvalue weighted by Gasteiger charge is -2.34. The van der Waals surface area contributed by atoms with Crippen molar-refractivity contribution < 1.29 is 4.79 Å². The minimum absolute atomic E-state index is 0.0164. The number of carbonyl (C=O) groups excluding carboxylic acids is 1. The van der Waals surface area contributed by atoms with Gasteiger partial charge >= 0.3 is 0 Å². The summed E-state index contributed by atoms with van der Waals surface area (Å²) in [6.45, 7) is 6.10. The van der Waals surface area contributed by atoms with Gasteiger partial charge < -0.3 is 10.2 Å². The summed E-state index contributed by atoms with van der Waals surface area (Å²) in [5.74, 6) is 1.27. The van der Waals surface area contributed by atoms with Gasteiger partial charge in [-0.05, 0) is 18.3 Å². The average molecular weight is 254 g/mol. The van der Waals surface area contributed by atoms with Gasteiger partial charge in [0.1, 0.15) is 0 Å². The molecule has 1 aliphatic rings. The van der Waals surface area contributed by atoms with Gasteiger partial charge in [0.15, 0.2) is 0 Å². The number of anilines is 1. The Bertz CT molecular complexity index is 406. The lowest BCUT2D eigenvalue weighted by molar-refractivity contribution is 0.0626. The highest BCUT2D eigenvalue weighted by atomic mass is 32.1. The molecule has 1 N–H and O–H groups in total. The van der Waals surface area contributed by atoms with Crippen LogP contribution >= 0.6 is 11.3 Å². The van der Waals surface area contributed by atoms with E-state index >= 15 is 0 Å².